The fourth-order valence-electron chi connectivity index (χ4n) is 0.993. The highest BCUT2D eigenvalue weighted by molar-refractivity contribution is 7.80. The predicted octanol–water partition coefficient (Wildman–Crippen LogP) is 0.716. The van der Waals surface area contributed by atoms with Gasteiger partial charge in [-0.25, -0.2) is 0 Å². The Morgan fingerprint density at radius 2 is 1.69 bits per heavy atom. The Labute approximate surface area is 82.1 Å². The van der Waals surface area contributed by atoms with Crippen LogP contribution in [-0.2, 0) is 0 Å². The Balaban J connectivity index is 2.77. The van der Waals surface area contributed by atoms with Crippen LogP contribution < -0.4 is 0 Å². The van der Waals surface area contributed by atoms with E-state index in [2.05, 4.69) is 12.6 Å². The van der Waals surface area contributed by atoms with E-state index in [9.17, 15) is 10.2 Å². The van der Waals surface area contributed by atoms with Gasteiger partial charge in [0.1, 0.15) is 11.9 Å². The van der Waals surface area contributed by atoms with Crippen molar-refractivity contribution < 1.29 is 15.3 Å². The minimum absolute atomic E-state index is 0.135. The molecule has 3 N–H and O–H groups in total. The second-order valence-corrected chi connectivity index (χ2v) is 3.15. The molecule has 0 aliphatic heterocycles. The van der Waals surface area contributed by atoms with Crippen LogP contribution in [0.5, 0.6) is 5.75 Å². The molecule has 0 saturated heterocycles. The number of thiol groups is 1. The van der Waals surface area contributed by atoms with E-state index >= 15 is 0 Å². The van der Waals surface area contributed by atoms with Crippen molar-refractivity contribution >= 4 is 12.6 Å². The summed E-state index contributed by atoms with van der Waals surface area (Å²) >= 11 is 3.87. The summed E-state index contributed by atoms with van der Waals surface area (Å²) in [5, 5.41) is 27.7. The quantitative estimate of drug-likeness (QED) is 0.544. The largest absolute Gasteiger partial charge is 0.508 e. The minimum atomic E-state index is -0.946. The fourth-order valence-corrected chi connectivity index (χ4v) is 1.19. The van der Waals surface area contributed by atoms with Crippen LogP contribution in [0.3, 0.4) is 0 Å². The number of rotatable bonds is 3. The molecule has 13 heavy (non-hydrogen) atoms. The van der Waals surface area contributed by atoms with Gasteiger partial charge in [-0.3, -0.25) is 0 Å². The van der Waals surface area contributed by atoms with Crippen molar-refractivity contribution in [3.8, 4) is 5.75 Å². The van der Waals surface area contributed by atoms with Crippen molar-refractivity contribution in [3.05, 3.63) is 29.8 Å². The highest BCUT2D eigenvalue weighted by Crippen LogP contribution is 2.19. The monoisotopic (exact) mass is 200 g/mol. The van der Waals surface area contributed by atoms with Crippen LogP contribution in [-0.4, -0.2) is 27.2 Å². The number of phenolic OH excluding ortho intramolecular Hbond substituents is 1. The molecule has 0 radical (unpaired) electrons. The van der Waals surface area contributed by atoms with Gasteiger partial charge in [-0.05, 0) is 17.7 Å². The summed E-state index contributed by atoms with van der Waals surface area (Å²) in [7, 11) is 0. The van der Waals surface area contributed by atoms with Crippen LogP contribution in [0.25, 0.3) is 0 Å². The molecule has 3 nitrogen and oxygen atoms in total. The third-order valence-electron chi connectivity index (χ3n) is 1.79. The Morgan fingerprint density at radius 3 is 2.15 bits per heavy atom. The summed E-state index contributed by atoms with van der Waals surface area (Å²) in [6.07, 6.45) is -1.83. The molecular weight excluding hydrogens is 188 g/mol. The molecule has 2 atom stereocenters. The average Bonchev–Trinajstić information content (AvgIpc) is 2.17. The molecule has 0 aromatic heterocycles. The van der Waals surface area contributed by atoms with Gasteiger partial charge in [0, 0.05) is 5.75 Å². The summed E-state index contributed by atoms with van der Waals surface area (Å²) in [5.74, 6) is 0.332. The van der Waals surface area contributed by atoms with Gasteiger partial charge in [-0.1, -0.05) is 12.1 Å². The zero-order chi connectivity index (χ0) is 9.84. The first-order valence-corrected chi connectivity index (χ1v) is 4.54. The number of phenols is 1. The van der Waals surface area contributed by atoms with Gasteiger partial charge in [-0.15, -0.1) is 0 Å². The van der Waals surface area contributed by atoms with Crippen molar-refractivity contribution in [3.63, 3.8) is 0 Å². The number of hydrogen-bond acceptors (Lipinski definition) is 4. The van der Waals surface area contributed by atoms with Gasteiger partial charge in [0.25, 0.3) is 0 Å². The molecule has 0 amide bonds. The van der Waals surface area contributed by atoms with Crippen LogP contribution in [0.4, 0.5) is 0 Å². The SMILES string of the molecule is Oc1ccc(C(O)C(O)CS)cc1. The lowest BCUT2D eigenvalue weighted by atomic mass is 10.1. The van der Waals surface area contributed by atoms with Gasteiger partial charge in [-0.2, -0.15) is 12.6 Å². The lowest BCUT2D eigenvalue weighted by Crippen LogP contribution is -2.19. The molecule has 1 aromatic carbocycles. The first kappa shape index (κ1) is 10.4. The number of hydrogen-bond donors (Lipinski definition) is 4. The highest BCUT2D eigenvalue weighted by atomic mass is 32.1. The Bertz CT molecular complexity index is 260. The third kappa shape index (κ3) is 2.62. The topological polar surface area (TPSA) is 60.7 Å². The normalized spacial score (nSPS) is 15.3. The maximum absolute atomic E-state index is 9.50. The molecule has 72 valence electrons. The van der Waals surface area contributed by atoms with E-state index in [0.29, 0.717) is 5.56 Å². The summed E-state index contributed by atoms with van der Waals surface area (Å²) in [5.41, 5.74) is 0.569. The molecule has 0 aliphatic carbocycles. The molecule has 0 heterocycles. The van der Waals surface area contributed by atoms with Crippen molar-refractivity contribution in [2.24, 2.45) is 0 Å². The maximum atomic E-state index is 9.50. The molecular formula is C9H12O3S. The summed E-state index contributed by atoms with van der Waals surface area (Å²) < 4.78 is 0. The van der Waals surface area contributed by atoms with E-state index in [1.54, 1.807) is 12.1 Å². The third-order valence-corrected chi connectivity index (χ3v) is 2.16. The molecule has 0 saturated carbocycles. The summed E-state index contributed by atoms with van der Waals surface area (Å²) in [6.45, 7) is 0. The van der Waals surface area contributed by atoms with Crippen LogP contribution in [0, 0.1) is 0 Å². The van der Waals surface area contributed by atoms with Gasteiger partial charge in [0.15, 0.2) is 0 Å². The Hall–Kier alpha value is -0.710. The molecule has 0 fully saturated rings. The average molecular weight is 200 g/mol. The van der Waals surface area contributed by atoms with Gasteiger partial charge in [0.05, 0.1) is 6.10 Å². The molecule has 4 heteroatoms. The van der Waals surface area contributed by atoms with Gasteiger partial charge < -0.3 is 15.3 Å². The van der Waals surface area contributed by atoms with E-state index in [1.807, 2.05) is 0 Å². The first-order valence-electron chi connectivity index (χ1n) is 3.91. The van der Waals surface area contributed by atoms with Gasteiger partial charge in [0.2, 0.25) is 0 Å². The molecule has 1 rings (SSSR count). The van der Waals surface area contributed by atoms with Crippen molar-refractivity contribution in [2.45, 2.75) is 12.2 Å². The van der Waals surface area contributed by atoms with Crippen LogP contribution in [0.15, 0.2) is 24.3 Å². The van der Waals surface area contributed by atoms with E-state index in [4.69, 9.17) is 5.11 Å². The fraction of sp³-hybridized carbons (Fsp3) is 0.333. The standard InChI is InChI=1S/C9H12O3S/c10-7-3-1-6(2-4-7)9(12)8(11)5-13/h1-4,8-13H,5H2. The minimum Gasteiger partial charge on any atom is -0.508 e. The zero-order valence-corrected chi connectivity index (χ0v) is 7.85. The maximum Gasteiger partial charge on any atom is 0.115 e. The van der Waals surface area contributed by atoms with Crippen LogP contribution in [0.1, 0.15) is 11.7 Å². The number of aromatic hydroxyl groups is 1. The van der Waals surface area contributed by atoms with Crippen LogP contribution >= 0.6 is 12.6 Å². The summed E-state index contributed by atoms with van der Waals surface area (Å²) in [6, 6.07) is 6.05. The van der Waals surface area contributed by atoms with E-state index in [-0.39, 0.29) is 11.5 Å². The van der Waals surface area contributed by atoms with E-state index < -0.39 is 12.2 Å². The lowest BCUT2D eigenvalue weighted by molar-refractivity contribution is 0.0337. The number of benzene rings is 1. The molecule has 2 unspecified atom stereocenters. The predicted molar refractivity (Wildman–Crippen MR) is 52.9 cm³/mol. The van der Waals surface area contributed by atoms with Crippen molar-refractivity contribution in [2.75, 3.05) is 5.75 Å². The second-order valence-electron chi connectivity index (χ2n) is 2.79. The highest BCUT2D eigenvalue weighted by Gasteiger charge is 2.16. The zero-order valence-electron chi connectivity index (χ0n) is 6.96. The smallest absolute Gasteiger partial charge is 0.115 e. The molecule has 0 bridgehead atoms. The number of aliphatic hydroxyl groups excluding tert-OH is 2. The lowest BCUT2D eigenvalue weighted by Gasteiger charge is -2.15. The van der Waals surface area contributed by atoms with E-state index in [0.717, 1.165) is 0 Å². The van der Waals surface area contributed by atoms with Crippen molar-refractivity contribution in [1.29, 1.82) is 0 Å². The molecule has 0 spiro atoms. The Kier molecular flexibility index (Phi) is 3.59. The number of aliphatic hydroxyl groups is 2. The van der Waals surface area contributed by atoms with E-state index in [1.165, 1.54) is 12.1 Å². The molecule has 1 aromatic rings. The Morgan fingerprint density at radius 1 is 1.15 bits per heavy atom. The first-order chi connectivity index (χ1) is 6.15. The van der Waals surface area contributed by atoms with Gasteiger partial charge >= 0.3 is 0 Å². The van der Waals surface area contributed by atoms with Crippen molar-refractivity contribution in [1.82, 2.24) is 0 Å². The summed E-state index contributed by atoms with van der Waals surface area (Å²) in [4.78, 5) is 0. The molecule has 0 aliphatic rings. The second kappa shape index (κ2) is 4.50. The van der Waals surface area contributed by atoms with Crippen LogP contribution in [0.2, 0.25) is 0 Å².